The van der Waals surface area contributed by atoms with Crippen LogP contribution in [0.15, 0.2) is 48.5 Å². The van der Waals surface area contributed by atoms with Gasteiger partial charge in [0.1, 0.15) is 12.6 Å². The Morgan fingerprint density at radius 2 is 1.70 bits per heavy atom. The Hall–Kier alpha value is -2.58. The molecule has 1 atom stereocenters. The standard InChI is InChI=1S/C24H32ClN3O4S/c1-5-15-26-24(30)18(3)27(16-20-9-7-8-10-22(20)25)23(29)17-28(33(4,31)32)21-13-11-19(6-2)12-14-21/h7-14,18H,5-6,15-17H2,1-4H3,(H,26,30)/t18-/m0/s1. The topological polar surface area (TPSA) is 86.8 Å². The molecule has 0 fully saturated rings. The second kappa shape index (κ2) is 12.0. The summed E-state index contributed by atoms with van der Waals surface area (Å²) in [5, 5.41) is 3.26. The van der Waals surface area contributed by atoms with E-state index in [1.165, 1.54) is 4.90 Å². The number of anilines is 1. The lowest BCUT2D eigenvalue weighted by Gasteiger charge is -2.31. The summed E-state index contributed by atoms with van der Waals surface area (Å²) >= 11 is 6.30. The number of hydrogen-bond acceptors (Lipinski definition) is 4. The van der Waals surface area contributed by atoms with Crippen LogP contribution < -0.4 is 9.62 Å². The van der Waals surface area contributed by atoms with E-state index in [4.69, 9.17) is 11.6 Å². The van der Waals surface area contributed by atoms with Crippen molar-refractivity contribution < 1.29 is 18.0 Å². The van der Waals surface area contributed by atoms with Crippen LogP contribution >= 0.6 is 11.6 Å². The molecular weight excluding hydrogens is 462 g/mol. The normalized spacial score (nSPS) is 12.2. The Bertz CT molecular complexity index is 1060. The Morgan fingerprint density at radius 1 is 1.06 bits per heavy atom. The molecule has 2 aromatic rings. The Kier molecular flexibility index (Phi) is 9.73. The summed E-state index contributed by atoms with van der Waals surface area (Å²) in [5.74, 6) is -0.811. The van der Waals surface area contributed by atoms with Gasteiger partial charge in [0.2, 0.25) is 21.8 Å². The maximum Gasteiger partial charge on any atom is 0.244 e. The van der Waals surface area contributed by atoms with Gasteiger partial charge in [-0.2, -0.15) is 0 Å². The van der Waals surface area contributed by atoms with Crippen molar-refractivity contribution in [1.82, 2.24) is 10.2 Å². The summed E-state index contributed by atoms with van der Waals surface area (Å²) in [6.07, 6.45) is 2.63. The molecular formula is C24H32ClN3O4S. The zero-order valence-corrected chi connectivity index (χ0v) is 21.1. The van der Waals surface area contributed by atoms with Crippen molar-refractivity contribution in [3.05, 3.63) is 64.7 Å². The van der Waals surface area contributed by atoms with Crippen molar-refractivity contribution in [2.75, 3.05) is 23.7 Å². The van der Waals surface area contributed by atoms with Gasteiger partial charge in [0.15, 0.2) is 0 Å². The largest absolute Gasteiger partial charge is 0.354 e. The number of amides is 2. The van der Waals surface area contributed by atoms with E-state index in [2.05, 4.69) is 5.32 Å². The molecule has 1 N–H and O–H groups in total. The van der Waals surface area contributed by atoms with Crippen LogP contribution in [-0.4, -0.2) is 50.5 Å². The van der Waals surface area contributed by atoms with Gasteiger partial charge < -0.3 is 10.2 Å². The number of nitrogens with zero attached hydrogens (tertiary/aromatic N) is 2. The van der Waals surface area contributed by atoms with Crippen LogP contribution in [0, 0.1) is 0 Å². The van der Waals surface area contributed by atoms with Crippen molar-refractivity contribution in [2.24, 2.45) is 0 Å². The molecule has 0 aliphatic heterocycles. The summed E-state index contributed by atoms with van der Waals surface area (Å²) in [5.41, 5.74) is 2.12. The smallest absolute Gasteiger partial charge is 0.244 e. The summed E-state index contributed by atoms with van der Waals surface area (Å²) in [6, 6.07) is 13.3. The van der Waals surface area contributed by atoms with Crippen molar-refractivity contribution in [2.45, 2.75) is 46.2 Å². The first-order valence-corrected chi connectivity index (χ1v) is 13.2. The number of benzene rings is 2. The summed E-state index contributed by atoms with van der Waals surface area (Å²) in [7, 11) is -3.75. The fourth-order valence-corrected chi connectivity index (χ4v) is 4.35. The lowest BCUT2D eigenvalue weighted by Crippen LogP contribution is -2.51. The molecule has 0 spiro atoms. The molecule has 9 heteroatoms. The Morgan fingerprint density at radius 3 is 2.24 bits per heavy atom. The number of carbonyl (C=O) groups excluding carboxylic acids is 2. The van der Waals surface area contributed by atoms with E-state index in [1.54, 1.807) is 43.3 Å². The van der Waals surface area contributed by atoms with Crippen LogP contribution in [0.25, 0.3) is 0 Å². The number of nitrogens with one attached hydrogen (secondary N) is 1. The lowest BCUT2D eigenvalue weighted by molar-refractivity contribution is -0.139. The first-order valence-electron chi connectivity index (χ1n) is 11.0. The zero-order valence-electron chi connectivity index (χ0n) is 19.5. The number of hydrogen-bond donors (Lipinski definition) is 1. The van der Waals surface area contributed by atoms with Gasteiger partial charge in [-0.15, -0.1) is 0 Å². The predicted molar refractivity (Wildman–Crippen MR) is 133 cm³/mol. The highest BCUT2D eigenvalue weighted by Gasteiger charge is 2.30. The van der Waals surface area contributed by atoms with Crippen molar-refractivity contribution in [3.63, 3.8) is 0 Å². The molecule has 180 valence electrons. The molecule has 0 aromatic heterocycles. The van der Waals surface area contributed by atoms with Crippen LogP contribution in [0.1, 0.15) is 38.3 Å². The van der Waals surface area contributed by atoms with Crippen LogP contribution in [0.3, 0.4) is 0 Å². The monoisotopic (exact) mass is 493 g/mol. The number of rotatable bonds is 11. The molecule has 7 nitrogen and oxygen atoms in total. The maximum absolute atomic E-state index is 13.4. The third kappa shape index (κ3) is 7.47. The van der Waals surface area contributed by atoms with Gasteiger partial charge in [-0.3, -0.25) is 13.9 Å². The fourth-order valence-electron chi connectivity index (χ4n) is 3.30. The number of aryl methyl sites for hydroxylation is 1. The van der Waals surface area contributed by atoms with E-state index in [0.29, 0.717) is 22.8 Å². The number of carbonyl (C=O) groups is 2. The van der Waals surface area contributed by atoms with Crippen LogP contribution in [0.4, 0.5) is 5.69 Å². The van der Waals surface area contributed by atoms with E-state index >= 15 is 0 Å². The quantitative estimate of drug-likeness (QED) is 0.518. The minimum Gasteiger partial charge on any atom is -0.354 e. The Balaban J connectivity index is 2.37. The second-order valence-corrected chi connectivity index (χ2v) is 10.2. The van der Waals surface area contributed by atoms with Gasteiger partial charge in [-0.1, -0.05) is 55.8 Å². The van der Waals surface area contributed by atoms with Crippen LogP contribution in [0.2, 0.25) is 5.02 Å². The Labute approximate surface area is 201 Å². The van der Waals surface area contributed by atoms with Crippen molar-refractivity contribution in [1.29, 1.82) is 0 Å². The molecule has 0 saturated heterocycles. The van der Waals surface area contributed by atoms with Crippen molar-refractivity contribution in [3.8, 4) is 0 Å². The molecule has 0 radical (unpaired) electrons. The highest BCUT2D eigenvalue weighted by Crippen LogP contribution is 2.22. The van der Waals surface area contributed by atoms with Gasteiger partial charge in [0.25, 0.3) is 0 Å². The minimum atomic E-state index is -3.75. The first kappa shape index (κ1) is 26.7. The fraction of sp³-hybridized carbons (Fsp3) is 0.417. The van der Waals surface area contributed by atoms with Gasteiger partial charge in [0, 0.05) is 18.1 Å². The van der Waals surface area contributed by atoms with Gasteiger partial charge in [-0.05, 0) is 49.1 Å². The highest BCUT2D eigenvalue weighted by molar-refractivity contribution is 7.92. The predicted octanol–water partition coefficient (Wildman–Crippen LogP) is 3.61. The van der Waals surface area contributed by atoms with Gasteiger partial charge >= 0.3 is 0 Å². The molecule has 0 aliphatic rings. The SMILES string of the molecule is CCCNC(=O)[C@H](C)N(Cc1ccccc1Cl)C(=O)CN(c1ccc(CC)cc1)S(C)(=O)=O. The molecule has 2 aromatic carbocycles. The molecule has 0 bridgehead atoms. The van der Waals surface area contributed by atoms with E-state index < -0.39 is 28.5 Å². The zero-order chi connectivity index (χ0) is 24.6. The van der Waals surface area contributed by atoms with E-state index in [-0.39, 0.29) is 12.5 Å². The average molecular weight is 494 g/mol. The minimum absolute atomic E-state index is 0.0750. The molecule has 2 rings (SSSR count). The lowest BCUT2D eigenvalue weighted by atomic mass is 10.1. The van der Waals surface area contributed by atoms with Crippen LogP contribution in [-0.2, 0) is 32.6 Å². The van der Waals surface area contributed by atoms with Gasteiger partial charge in [0.05, 0.1) is 11.9 Å². The van der Waals surface area contributed by atoms with E-state index in [9.17, 15) is 18.0 Å². The summed E-state index contributed by atoms with van der Waals surface area (Å²) < 4.78 is 26.2. The summed E-state index contributed by atoms with van der Waals surface area (Å²) in [4.78, 5) is 27.5. The van der Waals surface area contributed by atoms with E-state index in [0.717, 1.165) is 29.0 Å². The first-order chi connectivity index (χ1) is 15.6. The highest BCUT2D eigenvalue weighted by atomic mass is 35.5. The molecule has 0 unspecified atom stereocenters. The number of halogens is 1. The van der Waals surface area contributed by atoms with Gasteiger partial charge in [-0.25, -0.2) is 8.42 Å². The average Bonchev–Trinajstić information content (AvgIpc) is 2.79. The molecule has 33 heavy (non-hydrogen) atoms. The molecule has 0 heterocycles. The van der Waals surface area contributed by atoms with Crippen molar-refractivity contribution >= 4 is 39.1 Å². The van der Waals surface area contributed by atoms with E-state index in [1.807, 2.05) is 26.0 Å². The third-order valence-electron chi connectivity index (χ3n) is 5.33. The van der Waals surface area contributed by atoms with Crippen LogP contribution in [0.5, 0.6) is 0 Å². The second-order valence-electron chi connectivity index (χ2n) is 7.87. The molecule has 2 amide bonds. The molecule has 0 saturated carbocycles. The molecule has 0 aliphatic carbocycles. The summed E-state index contributed by atoms with van der Waals surface area (Å²) in [6.45, 7) is 5.69. The third-order valence-corrected chi connectivity index (χ3v) is 6.84. The number of sulfonamides is 1. The maximum atomic E-state index is 13.4.